The van der Waals surface area contributed by atoms with E-state index in [-0.39, 0.29) is 31.0 Å². The fraction of sp³-hybridized carbons (Fsp3) is 0.324. The molecule has 4 atom stereocenters. The topological polar surface area (TPSA) is 120 Å². The third kappa shape index (κ3) is 6.87. The summed E-state index contributed by atoms with van der Waals surface area (Å²) < 4.78 is 87.8. The van der Waals surface area contributed by atoms with Gasteiger partial charge in [0.1, 0.15) is 5.75 Å². The highest BCUT2D eigenvalue weighted by Gasteiger charge is 2.58. The minimum Gasteiger partial charge on any atom is -0.508 e. The largest absolute Gasteiger partial charge is 0.508 e. The van der Waals surface area contributed by atoms with Gasteiger partial charge in [-0.3, -0.25) is 14.6 Å². The number of carbonyl (C=O) groups is 2. The standard InChI is InChI=1S/C34H29BF6N2O6/c36-33(37,38)21-13-22(34(39,40)41)15-23(14-21)43-31(46)25-12-20(17-44)29-26(30(25)32(43)47)16-35(48)49-28(29)9-6-19(27-3-1-2-10-42-27)11-18-4-7-24(45)8-5-18/h1-5,7-8,10-11,13-15,25-26,28,30,44-45,48H,6,9,12,16-17H2/b19-11-/t25-,26+,28-,30-/m1/s1. The van der Waals surface area contributed by atoms with Crippen LogP contribution in [-0.2, 0) is 26.6 Å². The number of phenols is 1. The lowest BCUT2D eigenvalue weighted by atomic mass is 9.58. The van der Waals surface area contributed by atoms with Gasteiger partial charge in [0.25, 0.3) is 0 Å². The van der Waals surface area contributed by atoms with Gasteiger partial charge < -0.3 is 19.9 Å². The number of aliphatic hydroxyl groups is 1. The number of imide groups is 1. The number of fused-ring (bicyclic) bond motifs is 3. The molecule has 2 amide bonds. The van der Waals surface area contributed by atoms with Crippen LogP contribution in [0.4, 0.5) is 32.0 Å². The van der Waals surface area contributed by atoms with Crippen molar-refractivity contribution in [2.75, 3.05) is 11.5 Å². The summed E-state index contributed by atoms with van der Waals surface area (Å²) in [6.45, 7) is -0.551. The summed E-state index contributed by atoms with van der Waals surface area (Å²) >= 11 is 0. The average Bonchev–Trinajstić information content (AvgIpc) is 3.31. The number of allylic oxidation sites excluding steroid dienone is 1. The Bertz CT molecular complexity index is 1780. The number of amides is 2. The number of alkyl halides is 6. The van der Waals surface area contributed by atoms with E-state index in [4.69, 9.17) is 4.65 Å². The van der Waals surface area contributed by atoms with E-state index < -0.39 is 78.6 Å². The van der Waals surface area contributed by atoms with Gasteiger partial charge in [0.15, 0.2) is 0 Å². The second kappa shape index (κ2) is 13.1. The fourth-order valence-corrected chi connectivity index (χ4v) is 7.12. The molecule has 3 aromatic rings. The van der Waals surface area contributed by atoms with Crippen LogP contribution in [0.1, 0.15) is 41.6 Å². The normalized spacial score (nSPS) is 23.2. The molecule has 2 saturated heterocycles. The number of aromatic hydroxyl groups is 1. The molecule has 1 aliphatic carbocycles. The predicted molar refractivity (Wildman–Crippen MR) is 165 cm³/mol. The second-order valence-electron chi connectivity index (χ2n) is 12.3. The molecule has 0 bridgehead atoms. The summed E-state index contributed by atoms with van der Waals surface area (Å²) in [6.07, 6.45) is -7.60. The Morgan fingerprint density at radius 2 is 1.63 bits per heavy atom. The molecule has 0 radical (unpaired) electrons. The predicted octanol–water partition coefficient (Wildman–Crippen LogP) is 6.14. The van der Waals surface area contributed by atoms with Crippen LogP contribution in [-0.4, -0.2) is 51.9 Å². The maximum atomic E-state index is 13.9. The van der Waals surface area contributed by atoms with Gasteiger partial charge in [0.05, 0.1) is 47.1 Å². The van der Waals surface area contributed by atoms with E-state index >= 15 is 0 Å². The number of pyridine rings is 1. The second-order valence-corrected chi connectivity index (χ2v) is 12.3. The molecular formula is C34H29BF6N2O6. The van der Waals surface area contributed by atoms with Gasteiger partial charge in [0.2, 0.25) is 11.8 Å². The van der Waals surface area contributed by atoms with E-state index in [1.165, 1.54) is 12.1 Å². The lowest BCUT2D eigenvalue weighted by molar-refractivity contribution is -0.143. The number of hydrogen-bond acceptors (Lipinski definition) is 7. The van der Waals surface area contributed by atoms with Crippen LogP contribution in [0.2, 0.25) is 6.32 Å². The third-order valence-corrected chi connectivity index (χ3v) is 9.23. The van der Waals surface area contributed by atoms with Crippen LogP contribution in [0.5, 0.6) is 5.75 Å². The van der Waals surface area contributed by atoms with Crippen molar-refractivity contribution < 1.29 is 55.8 Å². The van der Waals surface area contributed by atoms with E-state index in [0.717, 1.165) is 11.1 Å². The molecule has 2 aliphatic heterocycles. The molecule has 49 heavy (non-hydrogen) atoms. The number of hydrogen-bond donors (Lipinski definition) is 3. The van der Waals surface area contributed by atoms with Crippen molar-refractivity contribution in [2.24, 2.45) is 17.8 Å². The monoisotopic (exact) mass is 686 g/mol. The number of aromatic nitrogens is 1. The van der Waals surface area contributed by atoms with Crippen LogP contribution in [0.25, 0.3) is 11.6 Å². The minimum atomic E-state index is -5.20. The summed E-state index contributed by atoms with van der Waals surface area (Å²) in [6, 6.07) is 12.4. The van der Waals surface area contributed by atoms with Crippen molar-refractivity contribution in [3.8, 4) is 5.75 Å². The molecule has 1 aromatic heterocycles. The van der Waals surface area contributed by atoms with Crippen LogP contribution in [0.3, 0.4) is 0 Å². The molecule has 3 N–H and O–H groups in total. The maximum Gasteiger partial charge on any atom is 0.455 e. The molecule has 0 spiro atoms. The van der Waals surface area contributed by atoms with E-state index in [1.807, 2.05) is 6.08 Å². The van der Waals surface area contributed by atoms with Crippen molar-refractivity contribution in [3.63, 3.8) is 0 Å². The number of carbonyl (C=O) groups excluding carboxylic acids is 2. The first-order chi connectivity index (χ1) is 23.2. The molecule has 15 heteroatoms. The highest BCUT2D eigenvalue weighted by atomic mass is 19.4. The van der Waals surface area contributed by atoms with Crippen molar-refractivity contribution in [1.82, 2.24) is 4.98 Å². The van der Waals surface area contributed by atoms with Gasteiger partial charge in [0, 0.05) is 6.20 Å². The Balaban J connectivity index is 1.33. The summed E-state index contributed by atoms with van der Waals surface area (Å²) in [5.74, 6) is -5.18. The van der Waals surface area contributed by atoms with Crippen LogP contribution < -0.4 is 4.90 Å². The molecular weight excluding hydrogens is 657 g/mol. The first kappa shape index (κ1) is 34.4. The number of benzene rings is 2. The Morgan fingerprint density at radius 1 is 0.959 bits per heavy atom. The van der Waals surface area contributed by atoms with Crippen molar-refractivity contribution >= 4 is 36.3 Å². The quantitative estimate of drug-likeness (QED) is 0.118. The minimum absolute atomic E-state index is 0.0820. The smallest absolute Gasteiger partial charge is 0.455 e. The molecule has 6 rings (SSSR count). The molecule has 8 nitrogen and oxygen atoms in total. The zero-order valence-electron chi connectivity index (χ0n) is 25.6. The van der Waals surface area contributed by atoms with Gasteiger partial charge in [-0.25, -0.2) is 4.90 Å². The SMILES string of the molecule is O=C1[C@@H]2[C@@H](CC(CO)=C3[C@@H](CC/C(=C/c4ccc(O)cc4)c4ccccn4)OB(O)C[C@@H]32)C(=O)N1c1cc(C(F)(F)F)cc(C(F)(F)F)c1. The van der Waals surface area contributed by atoms with Crippen LogP contribution in [0, 0.1) is 17.8 Å². The zero-order valence-corrected chi connectivity index (χ0v) is 25.6. The van der Waals surface area contributed by atoms with Gasteiger partial charge in [-0.05, 0) is 102 Å². The number of halogens is 6. The number of anilines is 1. The van der Waals surface area contributed by atoms with Crippen molar-refractivity contribution in [1.29, 1.82) is 0 Å². The Hall–Kier alpha value is -4.47. The van der Waals surface area contributed by atoms with E-state index in [0.29, 0.717) is 40.3 Å². The summed E-state index contributed by atoms with van der Waals surface area (Å²) in [5, 5.41) is 30.9. The summed E-state index contributed by atoms with van der Waals surface area (Å²) in [7, 11) is -1.42. The lowest BCUT2D eigenvalue weighted by Gasteiger charge is -2.42. The van der Waals surface area contributed by atoms with Gasteiger partial charge >= 0.3 is 19.5 Å². The Morgan fingerprint density at radius 3 is 2.22 bits per heavy atom. The molecule has 3 heterocycles. The Labute approximate surface area is 276 Å². The van der Waals surface area contributed by atoms with E-state index in [1.54, 1.807) is 36.5 Å². The number of phenolic OH excluding ortho intramolecular Hbond substituents is 1. The molecule has 3 aliphatic rings. The van der Waals surface area contributed by atoms with Crippen molar-refractivity contribution in [3.05, 3.63) is 100 Å². The lowest BCUT2D eigenvalue weighted by Crippen LogP contribution is -2.46. The van der Waals surface area contributed by atoms with Crippen molar-refractivity contribution in [2.45, 2.75) is 44.0 Å². The number of aliphatic hydroxyl groups excluding tert-OH is 1. The van der Waals surface area contributed by atoms with E-state index in [9.17, 15) is 51.2 Å². The van der Waals surface area contributed by atoms with Crippen LogP contribution >= 0.6 is 0 Å². The van der Waals surface area contributed by atoms with Crippen LogP contribution in [0.15, 0.2) is 78.0 Å². The third-order valence-electron chi connectivity index (χ3n) is 9.23. The van der Waals surface area contributed by atoms with E-state index in [2.05, 4.69) is 4.98 Å². The fourth-order valence-electron chi connectivity index (χ4n) is 7.12. The van der Waals surface area contributed by atoms with Gasteiger partial charge in [-0.15, -0.1) is 0 Å². The van der Waals surface area contributed by atoms with Gasteiger partial charge in [-0.1, -0.05) is 18.2 Å². The number of nitrogens with zero attached hydrogens (tertiary/aromatic N) is 2. The van der Waals surface area contributed by atoms with Gasteiger partial charge in [-0.2, -0.15) is 26.3 Å². The first-order valence-electron chi connectivity index (χ1n) is 15.4. The highest BCUT2D eigenvalue weighted by Crippen LogP contribution is 2.52. The molecule has 2 aromatic carbocycles. The molecule has 256 valence electrons. The maximum absolute atomic E-state index is 13.9. The molecule has 0 saturated carbocycles. The molecule has 0 unspecified atom stereocenters. The average molecular weight is 686 g/mol. The first-order valence-corrected chi connectivity index (χ1v) is 15.4. The highest BCUT2D eigenvalue weighted by molar-refractivity contribution is 6.43. The summed E-state index contributed by atoms with van der Waals surface area (Å²) in [4.78, 5) is 32.4. The Kier molecular flexibility index (Phi) is 9.20. The zero-order chi connectivity index (χ0) is 35.2. The number of rotatable bonds is 7. The summed E-state index contributed by atoms with van der Waals surface area (Å²) in [5.41, 5.74) is -1.22. The molecule has 2 fully saturated rings.